The van der Waals surface area contributed by atoms with Crippen LogP contribution in [0.5, 0.6) is 0 Å². The topological polar surface area (TPSA) is 43.0 Å². The van der Waals surface area contributed by atoms with Crippen LogP contribution in [0.2, 0.25) is 0 Å². The number of fused-ring (bicyclic) bond motifs is 1. The Morgan fingerprint density at radius 1 is 1.25 bits per heavy atom. The molecule has 0 saturated carbocycles. The third-order valence-corrected chi connectivity index (χ3v) is 3.75. The minimum absolute atomic E-state index is 0.797. The van der Waals surface area contributed by atoms with Crippen molar-refractivity contribution in [3.8, 4) is 0 Å². The van der Waals surface area contributed by atoms with Crippen LogP contribution < -0.4 is 5.32 Å². The van der Waals surface area contributed by atoms with Gasteiger partial charge in [-0.05, 0) is 37.9 Å². The van der Waals surface area contributed by atoms with Crippen LogP contribution in [0, 0.1) is 13.8 Å². The smallest absolute Gasteiger partial charge is 0.138 e. The van der Waals surface area contributed by atoms with Gasteiger partial charge in [0.15, 0.2) is 0 Å². The van der Waals surface area contributed by atoms with Crippen molar-refractivity contribution in [1.29, 1.82) is 0 Å². The number of benzene rings is 1. The molecule has 4 nitrogen and oxygen atoms in total. The second kappa shape index (κ2) is 5.13. The Hall–Kier alpha value is -2.07. The Balaban J connectivity index is 2.08. The van der Waals surface area contributed by atoms with Gasteiger partial charge in [0.25, 0.3) is 0 Å². The predicted molar refractivity (Wildman–Crippen MR) is 79.8 cm³/mol. The summed E-state index contributed by atoms with van der Waals surface area (Å²) in [6.07, 6.45) is 2.13. The van der Waals surface area contributed by atoms with Crippen LogP contribution in [-0.4, -0.2) is 16.8 Å². The number of aromatic nitrogens is 2. The lowest BCUT2D eigenvalue weighted by Gasteiger charge is -2.09. The molecular weight excluding hydrogens is 250 g/mol. The molecule has 0 spiro atoms. The fraction of sp³-hybridized carbons (Fsp3) is 0.312. The summed E-state index contributed by atoms with van der Waals surface area (Å²) in [7, 11) is 1.97. The van der Waals surface area contributed by atoms with Crippen LogP contribution in [0.4, 0.5) is 0 Å². The monoisotopic (exact) mass is 269 g/mol. The Labute approximate surface area is 118 Å². The minimum Gasteiger partial charge on any atom is -0.361 e. The highest BCUT2D eigenvalue weighted by molar-refractivity contribution is 5.83. The van der Waals surface area contributed by atoms with Gasteiger partial charge in [0.2, 0.25) is 0 Å². The highest BCUT2D eigenvalue weighted by Crippen LogP contribution is 2.23. The summed E-state index contributed by atoms with van der Waals surface area (Å²) in [5, 5.41) is 8.53. The molecule has 0 unspecified atom stereocenters. The Kier molecular flexibility index (Phi) is 3.32. The Morgan fingerprint density at radius 3 is 2.80 bits per heavy atom. The van der Waals surface area contributed by atoms with Crippen LogP contribution in [-0.2, 0) is 13.1 Å². The number of hydrogen-bond donors (Lipinski definition) is 1. The third-order valence-electron chi connectivity index (χ3n) is 3.75. The maximum absolute atomic E-state index is 5.26. The maximum atomic E-state index is 5.26. The van der Waals surface area contributed by atoms with Crippen molar-refractivity contribution in [2.75, 3.05) is 7.05 Å². The van der Waals surface area contributed by atoms with Crippen LogP contribution >= 0.6 is 0 Å². The molecular formula is C16H19N3O. The van der Waals surface area contributed by atoms with Gasteiger partial charge in [-0.3, -0.25) is 0 Å². The Morgan fingerprint density at radius 2 is 2.10 bits per heavy atom. The molecule has 0 radical (unpaired) electrons. The van der Waals surface area contributed by atoms with Gasteiger partial charge in [0.1, 0.15) is 5.76 Å². The van der Waals surface area contributed by atoms with Crippen molar-refractivity contribution in [1.82, 2.24) is 15.0 Å². The van der Waals surface area contributed by atoms with Gasteiger partial charge in [-0.2, -0.15) is 0 Å². The van der Waals surface area contributed by atoms with Gasteiger partial charge in [-0.15, -0.1) is 0 Å². The lowest BCUT2D eigenvalue weighted by molar-refractivity contribution is 0.392. The van der Waals surface area contributed by atoms with E-state index < -0.39 is 0 Å². The molecule has 0 amide bonds. The molecule has 0 aliphatic heterocycles. The number of nitrogens with zero attached hydrogens (tertiary/aromatic N) is 2. The molecule has 20 heavy (non-hydrogen) atoms. The molecule has 104 valence electrons. The van der Waals surface area contributed by atoms with E-state index in [0.29, 0.717) is 0 Å². The molecule has 0 bridgehead atoms. The summed E-state index contributed by atoms with van der Waals surface area (Å²) in [4.78, 5) is 0. The van der Waals surface area contributed by atoms with Crippen LogP contribution in [0.15, 0.2) is 35.0 Å². The first-order chi connectivity index (χ1) is 9.70. The SMILES string of the molecule is CNCc1cccc2ccn(Cc3c(C)noc3C)c12. The molecule has 0 aliphatic carbocycles. The van der Waals surface area contributed by atoms with Gasteiger partial charge < -0.3 is 14.4 Å². The van der Waals surface area contributed by atoms with Crippen molar-refractivity contribution in [2.45, 2.75) is 26.9 Å². The fourth-order valence-corrected chi connectivity index (χ4v) is 2.70. The number of para-hydroxylation sites is 1. The highest BCUT2D eigenvalue weighted by atomic mass is 16.5. The molecule has 1 aromatic carbocycles. The lowest BCUT2D eigenvalue weighted by atomic mass is 10.1. The van der Waals surface area contributed by atoms with Gasteiger partial charge in [-0.25, -0.2) is 0 Å². The molecule has 3 rings (SSSR count). The maximum Gasteiger partial charge on any atom is 0.138 e. The van der Waals surface area contributed by atoms with E-state index in [-0.39, 0.29) is 0 Å². The van der Waals surface area contributed by atoms with Gasteiger partial charge >= 0.3 is 0 Å². The summed E-state index contributed by atoms with van der Waals surface area (Å²) in [5.41, 5.74) is 4.72. The average molecular weight is 269 g/mol. The quantitative estimate of drug-likeness (QED) is 0.791. The zero-order chi connectivity index (χ0) is 14.1. The first-order valence-electron chi connectivity index (χ1n) is 6.84. The van der Waals surface area contributed by atoms with Crippen LogP contribution in [0.1, 0.15) is 22.6 Å². The van der Waals surface area contributed by atoms with E-state index in [0.717, 1.165) is 24.5 Å². The van der Waals surface area contributed by atoms with E-state index in [2.05, 4.69) is 45.5 Å². The van der Waals surface area contributed by atoms with Gasteiger partial charge in [0.05, 0.1) is 17.8 Å². The van der Waals surface area contributed by atoms with Crippen molar-refractivity contribution in [3.63, 3.8) is 0 Å². The van der Waals surface area contributed by atoms with Crippen molar-refractivity contribution in [3.05, 3.63) is 53.0 Å². The Bertz CT molecular complexity index is 720. The predicted octanol–water partition coefficient (Wildman–Crippen LogP) is 3.01. The first-order valence-corrected chi connectivity index (χ1v) is 6.84. The second-order valence-corrected chi connectivity index (χ2v) is 5.13. The van der Waals surface area contributed by atoms with E-state index in [1.54, 1.807) is 0 Å². The van der Waals surface area contributed by atoms with Crippen LogP contribution in [0.25, 0.3) is 10.9 Å². The summed E-state index contributed by atoms with van der Waals surface area (Å²) in [6.45, 7) is 5.62. The number of aryl methyl sites for hydroxylation is 2. The third kappa shape index (κ3) is 2.12. The fourth-order valence-electron chi connectivity index (χ4n) is 2.70. The molecule has 3 aromatic rings. The molecule has 4 heteroatoms. The number of rotatable bonds is 4. The second-order valence-electron chi connectivity index (χ2n) is 5.13. The summed E-state index contributed by atoms with van der Waals surface area (Å²) >= 11 is 0. The van der Waals surface area contributed by atoms with Crippen molar-refractivity contribution < 1.29 is 4.52 Å². The lowest BCUT2D eigenvalue weighted by Crippen LogP contribution is -2.08. The average Bonchev–Trinajstić information content (AvgIpc) is 2.99. The number of hydrogen-bond acceptors (Lipinski definition) is 3. The van der Waals surface area contributed by atoms with E-state index in [9.17, 15) is 0 Å². The summed E-state index contributed by atoms with van der Waals surface area (Å²) in [5.74, 6) is 0.899. The number of nitrogens with one attached hydrogen (secondary N) is 1. The molecule has 1 N–H and O–H groups in total. The van der Waals surface area contributed by atoms with E-state index in [1.165, 1.54) is 22.0 Å². The minimum atomic E-state index is 0.797. The molecule has 0 saturated heterocycles. The molecule has 0 fully saturated rings. The van der Waals surface area contributed by atoms with E-state index in [1.807, 2.05) is 20.9 Å². The summed E-state index contributed by atoms with van der Waals surface area (Å²) in [6, 6.07) is 8.59. The zero-order valence-electron chi connectivity index (χ0n) is 12.1. The van der Waals surface area contributed by atoms with E-state index >= 15 is 0 Å². The van der Waals surface area contributed by atoms with E-state index in [4.69, 9.17) is 4.52 Å². The normalized spacial score (nSPS) is 11.3. The highest BCUT2D eigenvalue weighted by Gasteiger charge is 2.12. The van der Waals surface area contributed by atoms with Crippen LogP contribution in [0.3, 0.4) is 0 Å². The summed E-state index contributed by atoms with van der Waals surface area (Å²) < 4.78 is 7.53. The standard InChI is InChI=1S/C16H19N3O/c1-11-15(12(2)20-18-11)10-19-8-7-13-5-4-6-14(9-17-3)16(13)19/h4-8,17H,9-10H2,1-3H3. The van der Waals surface area contributed by atoms with Gasteiger partial charge in [-0.1, -0.05) is 23.4 Å². The van der Waals surface area contributed by atoms with Crippen molar-refractivity contribution >= 4 is 10.9 Å². The molecule has 2 aromatic heterocycles. The van der Waals surface area contributed by atoms with Gasteiger partial charge in [0, 0.05) is 18.3 Å². The first kappa shape index (κ1) is 12.9. The molecule has 2 heterocycles. The van der Waals surface area contributed by atoms with Crippen molar-refractivity contribution in [2.24, 2.45) is 0 Å². The molecule has 0 atom stereocenters. The zero-order valence-corrected chi connectivity index (χ0v) is 12.1. The molecule has 0 aliphatic rings. The largest absolute Gasteiger partial charge is 0.361 e.